The summed E-state index contributed by atoms with van der Waals surface area (Å²) in [5, 5.41) is 0. The average molecular weight is 234 g/mol. The molecular weight excluding hydrogens is 212 g/mol. The molecular formula is C14H22N2O. The average Bonchev–Trinajstić information content (AvgIpc) is 3.16. The zero-order valence-corrected chi connectivity index (χ0v) is 10.5. The monoisotopic (exact) mass is 234 g/mol. The van der Waals surface area contributed by atoms with Crippen LogP contribution in [-0.4, -0.2) is 37.7 Å². The Balaban J connectivity index is 1.70. The van der Waals surface area contributed by atoms with Gasteiger partial charge in [-0.1, -0.05) is 18.2 Å². The van der Waals surface area contributed by atoms with Crippen molar-refractivity contribution < 1.29 is 4.74 Å². The molecule has 1 unspecified atom stereocenters. The van der Waals surface area contributed by atoms with Gasteiger partial charge >= 0.3 is 0 Å². The molecule has 1 aliphatic rings. The lowest BCUT2D eigenvalue weighted by Crippen LogP contribution is -2.41. The van der Waals surface area contributed by atoms with Gasteiger partial charge in [0.15, 0.2) is 0 Å². The second kappa shape index (κ2) is 6.03. The number of para-hydroxylation sites is 1. The predicted octanol–water partition coefficient (Wildman–Crippen LogP) is 1.73. The van der Waals surface area contributed by atoms with Gasteiger partial charge in [0.25, 0.3) is 0 Å². The van der Waals surface area contributed by atoms with Crippen LogP contribution in [0.25, 0.3) is 0 Å². The van der Waals surface area contributed by atoms with E-state index in [0.717, 1.165) is 31.4 Å². The molecule has 0 heterocycles. The van der Waals surface area contributed by atoms with E-state index in [0.29, 0.717) is 6.04 Å². The van der Waals surface area contributed by atoms with Gasteiger partial charge in [-0.05, 0) is 37.9 Å². The van der Waals surface area contributed by atoms with Crippen LogP contribution in [-0.2, 0) is 0 Å². The zero-order valence-electron chi connectivity index (χ0n) is 10.5. The topological polar surface area (TPSA) is 38.5 Å². The van der Waals surface area contributed by atoms with E-state index in [-0.39, 0.29) is 0 Å². The quantitative estimate of drug-likeness (QED) is 0.781. The van der Waals surface area contributed by atoms with Crippen LogP contribution in [0.4, 0.5) is 0 Å². The third-order valence-electron chi connectivity index (χ3n) is 3.43. The molecule has 1 aromatic carbocycles. The van der Waals surface area contributed by atoms with Gasteiger partial charge in [-0.3, -0.25) is 4.90 Å². The fourth-order valence-corrected chi connectivity index (χ4v) is 2.20. The highest BCUT2D eigenvalue weighted by Crippen LogP contribution is 2.34. The second-order valence-electron chi connectivity index (χ2n) is 4.78. The lowest BCUT2D eigenvalue weighted by molar-refractivity contribution is 0.180. The Morgan fingerprint density at radius 3 is 2.65 bits per heavy atom. The summed E-state index contributed by atoms with van der Waals surface area (Å²) in [7, 11) is 2.14. The van der Waals surface area contributed by atoms with Crippen molar-refractivity contribution in [1.82, 2.24) is 4.90 Å². The molecule has 0 aliphatic heterocycles. The van der Waals surface area contributed by atoms with Crippen LogP contribution < -0.4 is 10.5 Å². The van der Waals surface area contributed by atoms with Crippen LogP contribution in [0.5, 0.6) is 5.75 Å². The molecule has 2 N–H and O–H groups in total. The smallest absolute Gasteiger partial charge is 0.119 e. The summed E-state index contributed by atoms with van der Waals surface area (Å²) in [6.07, 6.45) is 2.68. The van der Waals surface area contributed by atoms with Crippen LogP contribution in [0.1, 0.15) is 12.8 Å². The number of hydrogen-bond acceptors (Lipinski definition) is 3. The first kappa shape index (κ1) is 12.4. The molecule has 1 fully saturated rings. The summed E-state index contributed by atoms with van der Waals surface area (Å²) < 4.78 is 5.69. The standard InChI is InChI=1S/C14H22N2O/c1-16(14(11-15)12-7-8-12)9-10-17-13-5-3-2-4-6-13/h2-6,12,14H,7-11,15H2,1H3. The molecule has 0 bridgehead atoms. The molecule has 1 saturated carbocycles. The number of nitrogens with zero attached hydrogens (tertiary/aromatic N) is 1. The highest BCUT2D eigenvalue weighted by atomic mass is 16.5. The number of nitrogens with two attached hydrogens (primary N) is 1. The number of likely N-dealkylation sites (N-methyl/N-ethyl adjacent to an activating group) is 1. The maximum absolute atomic E-state index is 5.81. The highest BCUT2D eigenvalue weighted by molar-refractivity contribution is 5.20. The molecule has 0 aromatic heterocycles. The Bertz CT molecular complexity index is 324. The van der Waals surface area contributed by atoms with Crippen LogP contribution >= 0.6 is 0 Å². The van der Waals surface area contributed by atoms with Gasteiger partial charge in [-0.2, -0.15) is 0 Å². The maximum Gasteiger partial charge on any atom is 0.119 e. The molecule has 0 amide bonds. The fraction of sp³-hybridized carbons (Fsp3) is 0.571. The van der Waals surface area contributed by atoms with E-state index >= 15 is 0 Å². The van der Waals surface area contributed by atoms with Gasteiger partial charge in [-0.25, -0.2) is 0 Å². The lowest BCUT2D eigenvalue weighted by atomic mass is 10.1. The number of ether oxygens (including phenoxy) is 1. The molecule has 0 spiro atoms. The Labute approximate surface area is 104 Å². The molecule has 0 saturated heterocycles. The van der Waals surface area contributed by atoms with E-state index in [4.69, 9.17) is 10.5 Å². The van der Waals surface area contributed by atoms with Crippen LogP contribution in [0, 0.1) is 5.92 Å². The summed E-state index contributed by atoms with van der Waals surface area (Å²) in [5.74, 6) is 1.76. The van der Waals surface area contributed by atoms with Gasteiger partial charge in [0.05, 0.1) is 0 Å². The van der Waals surface area contributed by atoms with E-state index < -0.39 is 0 Å². The summed E-state index contributed by atoms with van der Waals surface area (Å²) in [6.45, 7) is 2.42. The second-order valence-corrected chi connectivity index (χ2v) is 4.78. The molecule has 1 atom stereocenters. The first-order valence-electron chi connectivity index (χ1n) is 6.39. The summed E-state index contributed by atoms with van der Waals surface area (Å²) in [5.41, 5.74) is 5.81. The Kier molecular flexibility index (Phi) is 4.40. The first-order chi connectivity index (χ1) is 8.31. The van der Waals surface area contributed by atoms with E-state index in [9.17, 15) is 0 Å². The molecule has 1 aromatic rings. The van der Waals surface area contributed by atoms with Crippen molar-refractivity contribution in [3.05, 3.63) is 30.3 Å². The lowest BCUT2D eigenvalue weighted by Gasteiger charge is -2.26. The minimum absolute atomic E-state index is 0.536. The zero-order chi connectivity index (χ0) is 12.1. The molecule has 3 nitrogen and oxygen atoms in total. The summed E-state index contributed by atoms with van der Waals surface area (Å²) in [6, 6.07) is 10.5. The van der Waals surface area contributed by atoms with Gasteiger partial charge in [0.1, 0.15) is 12.4 Å². The first-order valence-corrected chi connectivity index (χ1v) is 6.39. The Hall–Kier alpha value is -1.06. The van der Waals surface area contributed by atoms with Crippen molar-refractivity contribution in [1.29, 1.82) is 0 Å². The van der Waals surface area contributed by atoms with Crippen LogP contribution in [0.15, 0.2) is 30.3 Å². The van der Waals surface area contributed by atoms with Gasteiger partial charge in [-0.15, -0.1) is 0 Å². The molecule has 3 heteroatoms. The Morgan fingerprint density at radius 1 is 1.35 bits per heavy atom. The Morgan fingerprint density at radius 2 is 2.06 bits per heavy atom. The van der Waals surface area contributed by atoms with Crippen molar-refractivity contribution in [2.75, 3.05) is 26.7 Å². The predicted molar refractivity (Wildman–Crippen MR) is 70.1 cm³/mol. The third kappa shape index (κ3) is 3.72. The fourth-order valence-electron chi connectivity index (χ4n) is 2.20. The van der Waals surface area contributed by atoms with Crippen molar-refractivity contribution in [3.63, 3.8) is 0 Å². The molecule has 2 rings (SSSR count). The minimum atomic E-state index is 0.536. The van der Waals surface area contributed by atoms with Crippen molar-refractivity contribution >= 4 is 0 Å². The normalized spacial score (nSPS) is 17.1. The molecule has 1 aliphatic carbocycles. The van der Waals surface area contributed by atoms with Crippen LogP contribution in [0.3, 0.4) is 0 Å². The van der Waals surface area contributed by atoms with E-state index in [1.54, 1.807) is 0 Å². The van der Waals surface area contributed by atoms with Gasteiger partial charge in [0.2, 0.25) is 0 Å². The van der Waals surface area contributed by atoms with Crippen LogP contribution in [0.2, 0.25) is 0 Å². The largest absolute Gasteiger partial charge is 0.492 e. The van der Waals surface area contributed by atoms with Crippen molar-refractivity contribution in [3.8, 4) is 5.75 Å². The van der Waals surface area contributed by atoms with Gasteiger partial charge < -0.3 is 10.5 Å². The maximum atomic E-state index is 5.81. The minimum Gasteiger partial charge on any atom is -0.492 e. The third-order valence-corrected chi connectivity index (χ3v) is 3.43. The summed E-state index contributed by atoms with van der Waals surface area (Å²) >= 11 is 0. The molecule has 0 radical (unpaired) electrons. The van der Waals surface area contributed by atoms with E-state index in [1.807, 2.05) is 30.3 Å². The van der Waals surface area contributed by atoms with E-state index in [1.165, 1.54) is 12.8 Å². The number of benzene rings is 1. The van der Waals surface area contributed by atoms with Crippen molar-refractivity contribution in [2.24, 2.45) is 11.7 Å². The van der Waals surface area contributed by atoms with Gasteiger partial charge in [0, 0.05) is 19.1 Å². The van der Waals surface area contributed by atoms with Crippen molar-refractivity contribution in [2.45, 2.75) is 18.9 Å². The SMILES string of the molecule is CN(CCOc1ccccc1)C(CN)C1CC1. The number of hydrogen-bond donors (Lipinski definition) is 1. The highest BCUT2D eigenvalue weighted by Gasteiger charge is 2.32. The number of rotatable bonds is 7. The molecule has 94 valence electrons. The van der Waals surface area contributed by atoms with E-state index in [2.05, 4.69) is 11.9 Å². The molecule has 17 heavy (non-hydrogen) atoms. The summed E-state index contributed by atoms with van der Waals surface area (Å²) in [4.78, 5) is 2.33.